The standard InChI is InChI=1S/C18HF34I/c19-3(20,5(23,24)7(27,28)9(31,32)11(35,36)13(39,40)15(43,44)17(47,48)49)1-2(53)4(21,22)6(25,26)8(29,30)10(33,34)12(37,38)14(41,42)16(45,46)18(50,51)52/h1H. The Morgan fingerprint density at radius 2 is 0.415 bits per heavy atom. The van der Waals surface area contributed by atoms with Gasteiger partial charge in [-0.3, -0.25) is 0 Å². The molecule has 0 rings (SSSR count). The molecule has 0 amide bonds. The summed E-state index contributed by atoms with van der Waals surface area (Å²) in [4.78, 5) is 0. The van der Waals surface area contributed by atoms with Gasteiger partial charge < -0.3 is 0 Å². The second-order valence-corrected chi connectivity index (χ2v) is 10.7. The first-order chi connectivity index (χ1) is 22.1. The lowest BCUT2D eigenvalue weighted by molar-refractivity contribution is -0.460. The molecular weight excluding hydrogens is 989 g/mol. The van der Waals surface area contributed by atoms with Crippen LogP contribution >= 0.6 is 22.6 Å². The van der Waals surface area contributed by atoms with Crippen LogP contribution in [0.5, 0.6) is 0 Å². The molecule has 0 heterocycles. The third-order valence-electron chi connectivity index (χ3n) is 6.08. The summed E-state index contributed by atoms with van der Waals surface area (Å²) >= 11 is -1.39. The maximum atomic E-state index is 14.0. The minimum Gasteiger partial charge on any atom is -0.195 e. The summed E-state index contributed by atoms with van der Waals surface area (Å²) in [5.41, 5.74) is 0. The molecule has 0 aliphatic rings. The van der Waals surface area contributed by atoms with E-state index in [0.717, 1.165) is 0 Å². The summed E-state index contributed by atoms with van der Waals surface area (Å²) < 4.78 is 446. The second-order valence-electron chi connectivity index (χ2n) is 9.58. The van der Waals surface area contributed by atoms with Crippen LogP contribution in [0.25, 0.3) is 0 Å². The Labute approximate surface area is 277 Å². The van der Waals surface area contributed by atoms with Gasteiger partial charge in [-0.2, -0.15) is 149 Å². The van der Waals surface area contributed by atoms with Crippen molar-refractivity contribution in [3.8, 4) is 0 Å². The molecule has 0 aromatic carbocycles. The van der Waals surface area contributed by atoms with E-state index in [1.807, 2.05) is 0 Å². The highest BCUT2D eigenvalue weighted by atomic mass is 127. The van der Waals surface area contributed by atoms with Crippen molar-refractivity contribution < 1.29 is 149 Å². The number of hydrogen-bond acceptors (Lipinski definition) is 0. The van der Waals surface area contributed by atoms with E-state index in [-0.39, 0.29) is 0 Å². The van der Waals surface area contributed by atoms with E-state index in [2.05, 4.69) is 0 Å². The Balaban J connectivity index is 7.52. The molecule has 35 heteroatoms. The zero-order chi connectivity index (χ0) is 44.3. The summed E-state index contributed by atoms with van der Waals surface area (Å²) in [5, 5.41) is 0. The van der Waals surface area contributed by atoms with Crippen LogP contribution in [-0.2, 0) is 0 Å². The molecule has 0 spiro atoms. The van der Waals surface area contributed by atoms with Gasteiger partial charge in [0.2, 0.25) is 0 Å². The first kappa shape index (κ1) is 51.1. The van der Waals surface area contributed by atoms with Gasteiger partial charge in [-0.15, -0.1) is 0 Å². The molecule has 0 atom stereocenters. The average Bonchev–Trinajstić information content (AvgIpc) is 2.89. The lowest BCUT2D eigenvalue weighted by Crippen LogP contribution is -2.74. The number of rotatable bonds is 14. The van der Waals surface area contributed by atoms with Gasteiger partial charge >= 0.3 is 95.3 Å². The summed E-state index contributed by atoms with van der Waals surface area (Å²) in [5.74, 6) is -127. The lowest BCUT2D eigenvalue weighted by atomic mass is 9.87. The van der Waals surface area contributed by atoms with E-state index in [1.54, 1.807) is 0 Å². The van der Waals surface area contributed by atoms with Crippen molar-refractivity contribution in [1.82, 2.24) is 0 Å². The fourth-order valence-corrected chi connectivity index (χ4v) is 3.56. The van der Waals surface area contributed by atoms with E-state index < -0.39 is 128 Å². The Morgan fingerprint density at radius 1 is 0.245 bits per heavy atom. The molecule has 0 aromatic heterocycles. The number of alkyl halides is 34. The maximum absolute atomic E-state index is 14.0. The molecule has 318 valence electrons. The molecule has 0 aliphatic carbocycles. The normalized spacial score (nSPS) is 17.5. The monoisotopic (exact) mass is 990 g/mol. The minimum atomic E-state index is -9.47. The third-order valence-corrected chi connectivity index (χ3v) is 7.07. The van der Waals surface area contributed by atoms with E-state index in [4.69, 9.17) is 0 Å². The predicted octanol–water partition coefficient (Wildman–Crippen LogP) is 12.3. The van der Waals surface area contributed by atoms with Crippen LogP contribution in [0, 0.1) is 0 Å². The molecule has 0 saturated carbocycles. The summed E-state index contributed by atoms with van der Waals surface area (Å²) in [7, 11) is 0. The quantitative estimate of drug-likeness (QED) is 0.120. The van der Waals surface area contributed by atoms with Gasteiger partial charge in [-0.25, -0.2) is 0 Å². The van der Waals surface area contributed by atoms with E-state index >= 15 is 0 Å². The highest BCUT2D eigenvalue weighted by Gasteiger charge is 2.97. The van der Waals surface area contributed by atoms with Crippen LogP contribution < -0.4 is 0 Å². The van der Waals surface area contributed by atoms with Gasteiger partial charge in [-0.1, -0.05) is 0 Å². The van der Waals surface area contributed by atoms with Crippen molar-refractivity contribution in [3.05, 3.63) is 9.66 Å². The summed E-state index contributed by atoms with van der Waals surface area (Å²) in [6, 6.07) is 0. The van der Waals surface area contributed by atoms with Gasteiger partial charge in [0, 0.05) is 6.08 Å². The number of allylic oxidation sites excluding steroid dienone is 2. The zero-order valence-corrected chi connectivity index (χ0v) is 24.5. The topological polar surface area (TPSA) is 0 Å². The zero-order valence-electron chi connectivity index (χ0n) is 22.3. The van der Waals surface area contributed by atoms with Gasteiger partial charge in [-0.05, 0) is 22.6 Å². The smallest absolute Gasteiger partial charge is 0.195 e. The first-order valence-corrected chi connectivity index (χ1v) is 12.0. The van der Waals surface area contributed by atoms with Crippen molar-refractivity contribution >= 4 is 22.6 Å². The van der Waals surface area contributed by atoms with Crippen LogP contribution in [0.1, 0.15) is 0 Å². The minimum absolute atomic E-state index is 1.39. The fraction of sp³-hybridized carbons (Fsp3) is 0.889. The SMILES string of the molecule is FC(F)(F)C(F)(F)C(F)(F)C(F)(F)C(F)(F)C(F)(F)C(F)(F)C(F)(F)C=C(I)C(F)(F)C(F)(F)C(F)(F)C(F)(F)C(F)(F)C(F)(F)C(F)(F)C(F)(F)F. The van der Waals surface area contributed by atoms with Crippen molar-refractivity contribution in [2.45, 2.75) is 95.3 Å². The molecule has 0 aromatic rings. The fourth-order valence-electron chi connectivity index (χ4n) is 2.83. The van der Waals surface area contributed by atoms with Gasteiger partial charge in [0.05, 0.1) is 3.58 Å². The Kier molecular flexibility index (Phi) is 12.1. The van der Waals surface area contributed by atoms with Crippen molar-refractivity contribution in [3.63, 3.8) is 0 Å². The van der Waals surface area contributed by atoms with Crippen LogP contribution in [0.4, 0.5) is 149 Å². The summed E-state index contributed by atoms with van der Waals surface area (Å²) in [6.45, 7) is 0. The Hall–Kier alpha value is -1.91. The average molecular weight is 990 g/mol. The molecule has 0 N–H and O–H groups in total. The summed E-state index contributed by atoms with van der Waals surface area (Å²) in [6.07, 6.45) is -19.9. The molecule has 0 radical (unpaired) electrons. The van der Waals surface area contributed by atoms with Crippen molar-refractivity contribution in [2.75, 3.05) is 0 Å². The molecular formula is C18HF34I. The van der Waals surface area contributed by atoms with Gasteiger partial charge in [0.25, 0.3) is 0 Å². The van der Waals surface area contributed by atoms with E-state index in [1.165, 1.54) is 0 Å². The molecule has 53 heavy (non-hydrogen) atoms. The highest BCUT2D eigenvalue weighted by molar-refractivity contribution is 14.1. The van der Waals surface area contributed by atoms with Crippen LogP contribution in [0.2, 0.25) is 0 Å². The van der Waals surface area contributed by atoms with Crippen LogP contribution in [0.3, 0.4) is 0 Å². The second kappa shape index (κ2) is 12.5. The van der Waals surface area contributed by atoms with E-state index in [0.29, 0.717) is 0 Å². The predicted molar refractivity (Wildman–Crippen MR) is 103 cm³/mol. The van der Waals surface area contributed by atoms with Gasteiger partial charge in [0.1, 0.15) is 0 Å². The molecule has 0 unspecified atom stereocenters. The highest BCUT2D eigenvalue weighted by Crippen LogP contribution is 2.67. The Bertz CT molecular complexity index is 1370. The number of hydrogen-bond donors (Lipinski definition) is 0. The largest absolute Gasteiger partial charge is 0.460 e. The first-order valence-electron chi connectivity index (χ1n) is 10.9. The molecule has 0 saturated heterocycles. The molecule has 0 nitrogen and oxygen atoms in total. The number of halogens is 35. The molecule has 0 aliphatic heterocycles. The van der Waals surface area contributed by atoms with Crippen LogP contribution in [-0.4, -0.2) is 95.3 Å². The van der Waals surface area contributed by atoms with Crippen molar-refractivity contribution in [1.29, 1.82) is 0 Å². The van der Waals surface area contributed by atoms with E-state index in [9.17, 15) is 149 Å². The maximum Gasteiger partial charge on any atom is 0.460 e. The lowest BCUT2D eigenvalue weighted by Gasteiger charge is -2.43. The molecule has 0 bridgehead atoms. The Morgan fingerprint density at radius 3 is 0.623 bits per heavy atom. The van der Waals surface area contributed by atoms with Gasteiger partial charge in [0.15, 0.2) is 0 Å². The third kappa shape index (κ3) is 6.35. The van der Waals surface area contributed by atoms with Crippen molar-refractivity contribution in [2.24, 2.45) is 0 Å². The molecule has 0 fully saturated rings. The van der Waals surface area contributed by atoms with Crippen LogP contribution in [0.15, 0.2) is 9.66 Å².